The zero-order chi connectivity index (χ0) is 13.3. The summed E-state index contributed by atoms with van der Waals surface area (Å²) in [5, 5.41) is 0. The first-order chi connectivity index (χ1) is 7.65. The van der Waals surface area contributed by atoms with E-state index in [2.05, 4.69) is 4.72 Å². The second-order valence-electron chi connectivity index (χ2n) is 4.41. The summed E-state index contributed by atoms with van der Waals surface area (Å²) in [5.74, 6) is -0.729. The molecule has 1 aromatic rings. The fourth-order valence-electron chi connectivity index (χ4n) is 1.16. The van der Waals surface area contributed by atoms with Crippen LogP contribution in [0.1, 0.15) is 19.4 Å². The number of nitrogens with two attached hydrogens (primary N) is 1. The zero-order valence-electron chi connectivity index (χ0n) is 10.0. The molecule has 0 spiro atoms. The van der Waals surface area contributed by atoms with Gasteiger partial charge in [-0.3, -0.25) is 4.79 Å². The first kappa shape index (κ1) is 13.7. The van der Waals surface area contributed by atoms with Crippen LogP contribution < -0.4 is 10.5 Å². The standard InChI is InChI=1S/C11H16N2O3S/c1-8-4-6-9(7-5-8)17(15,16)13-11(2,3)10(12)14/h4-7,13H,1-3H3,(H2,12,14). The average molecular weight is 256 g/mol. The molecule has 1 aromatic carbocycles. The Bertz CT molecular complexity index is 518. The SMILES string of the molecule is Cc1ccc(S(=O)(=O)NC(C)(C)C(N)=O)cc1. The van der Waals surface area contributed by atoms with Crippen LogP contribution in [-0.4, -0.2) is 19.9 Å². The van der Waals surface area contributed by atoms with Gasteiger partial charge in [0.05, 0.1) is 4.90 Å². The maximum absolute atomic E-state index is 11.9. The largest absolute Gasteiger partial charge is 0.368 e. The van der Waals surface area contributed by atoms with Crippen LogP contribution in [0.3, 0.4) is 0 Å². The first-order valence-electron chi connectivity index (χ1n) is 5.06. The number of carbonyl (C=O) groups excluding carboxylic acids is 1. The van der Waals surface area contributed by atoms with E-state index in [9.17, 15) is 13.2 Å². The van der Waals surface area contributed by atoms with E-state index in [4.69, 9.17) is 5.73 Å². The number of rotatable bonds is 4. The third-order valence-corrected chi connectivity index (χ3v) is 4.01. The number of hydrogen-bond donors (Lipinski definition) is 2. The molecule has 17 heavy (non-hydrogen) atoms. The van der Waals surface area contributed by atoms with E-state index in [0.717, 1.165) is 5.56 Å². The van der Waals surface area contributed by atoms with Crippen LogP contribution in [0.15, 0.2) is 29.2 Å². The summed E-state index contributed by atoms with van der Waals surface area (Å²) in [6, 6.07) is 6.33. The lowest BCUT2D eigenvalue weighted by Crippen LogP contribution is -2.52. The summed E-state index contributed by atoms with van der Waals surface area (Å²) in [6.45, 7) is 4.69. The second kappa shape index (κ2) is 4.46. The number of sulfonamides is 1. The third kappa shape index (κ3) is 3.28. The van der Waals surface area contributed by atoms with Crippen molar-refractivity contribution in [2.24, 2.45) is 5.73 Å². The summed E-state index contributed by atoms with van der Waals surface area (Å²) < 4.78 is 26.2. The molecule has 6 heteroatoms. The van der Waals surface area contributed by atoms with Gasteiger partial charge >= 0.3 is 0 Å². The molecule has 1 amide bonds. The van der Waals surface area contributed by atoms with E-state index in [1.54, 1.807) is 12.1 Å². The molecule has 0 saturated heterocycles. The molecular formula is C11H16N2O3S. The van der Waals surface area contributed by atoms with Crippen LogP contribution in [0.2, 0.25) is 0 Å². The fourth-order valence-corrected chi connectivity index (χ4v) is 2.55. The van der Waals surface area contributed by atoms with Gasteiger partial charge in [0, 0.05) is 0 Å². The number of amides is 1. The molecule has 0 aliphatic heterocycles. The minimum atomic E-state index is -3.73. The van der Waals surface area contributed by atoms with Gasteiger partial charge in [0.2, 0.25) is 15.9 Å². The number of hydrogen-bond acceptors (Lipinski definition) is 3. The summed E-state index contributed by atoms with van der Waals surface area (Å²) in [7, 11) is -3.73. The van der Waals surface area contributed by atoms with Crippen molar-refractivity contribution in [3.8, 4) is 0 Å². The van der Waals surface area contributed by atoms with E-state index in [0.29, 0.717) is 0 Å². The number of aryl methyl sites for hydroxylation is 1. The van der Waals surface area contributed by atoms with Gasteiger partial charge in [0.1, 0.15) is 5.54 Å². The molecule has 0 bridgehead atoms. The van der Waals surface area contributed by atoms with Crippen LogP contribution in [0, 0.1) is 6.92 Å². The molecule has 0 heterocycles. The Kier molecular flexibility index (Phi) is 3.59. The van der Waals surface area contributed by atoms with Crippen LogP contribution in [-0.2, 0) is 14.8 Å². The van der Waals surface area contributed by atoms with E-state index in [1.165, 1.54) is 26.0 Å². The van der Waals surface area contributed by atoms with E-state index in [-0.39, 0.29) is 4.90 Å². The quantitative estimate of drug-likeness (QED) is 0.823. The van der Waals surface area contributed by atoms with Gasteiger partial charge in [-0.05, 0) is 32.9 Å². The van der Waals surface area contributed by atoms with E-state index < -0.39 is 21.5 Å². The van der Waals surface area contributed by atoms with Crippen LogP contribution in [0.25, 0.3) is 0 Å². The highest BCUT2D eigenvalue weighted by atomic mass is 32.2. The van der Waals surface area contributed by atoms with Crippen molar-refractivity contribution in [2.45, 2.75) is 31.2 Å². The Morgan fingerprint density at radius 1 is 1.24 bits per heavy atom. The van der Waals surface area contributed by atoms with Gasteiger partial charge in [-0.15, -0.1) is 0 Å². The molecule has 0 saturated carbocycles. The van der Waals surface area contributed by atoms with Crippen LogP contribution in [0.4, 0.5) is 0 Å². The minimum Gasteiger partial charge on any atom is -0.368 e. The summed E-state index contributed by atoms with van der Waals surface area (Å²) >= 11 is 0. The fraction of sp³-hybridized carbons (Fsp3) is 0.364. The van der Waals surface area contributed by atoms with Gasteiger partial charge in [0.25, 0.3) is 0 Å². The summed E-state index contributed by atoms with van der Waals surface area (Å²) in [5.41, 5.74) is 4.75. The molecule has 0 unspecified atom stereocenters. The van der Waals surface area contributed by atoms with E-state index >= 15 is 0 Å². The van der Waals surface area contributed by atoms with Gasteiger partial charge in [-0.25, -0.2) is 8.42 Å². The van der Waals surface area contributed by atoms with Gasteiger partial charge < -0.3 is 5.73 Å². The predicted octanol–water partition coefficient (Wildman–Crippen LogP) is 0.537. The monoisotopic (exact) mass is 256 g/mol. The van der Waals surface area contributed by atoms with Crippen LogP contribution in [0.5, 0.6) is 0 Å². The minimum absolute atomic E-state index is 0.109. The van der Waals surface area contributed by atoms with Gasteiger partial charge in [-0.2, -0.15) is 4.72 Å². The highest BCUT2D eigenvalue weighted by Crippen LogP contribution is 2.13. The third-order valence-electron chi connectivity index (χ3n) is 2.34. The summed E-state index contributed by atoms with van der Waals surface area (Å²) in [6.07, 6.45) is 0. The highest BCUT2D eigenvalue weighted by molar-refractivity contribution is 7.89. The number of carbonyl (C=O) groups is 1. The lowest BCUT2D eigenvalue weighted by Gasteiger charge is -2.21. The van der Waals surface area contributed by atoms with Crippen molar-refractivity contribution >= 4 is 15.9 Å². The van der Waals surface area contributed by atoms with E-state index in [1.807, 2.05) is 6.92 Å². The Hall–Kier alpha value is -1.40. The zero-order valence-corrected chi connectivity index (χ0v) is 10.8. The molecule has 0 aliphatic carbocycles. The Balaban J connectivity index is 3.05. The van der Waals surface area contributed by atoms with Crippen molar-refractivity contribution in [3.05, 3.63) is 29.8 Å². The molecule has 0 aliphatic rings. The molecule has 1 rings (SSSR count). The number of benzene rings is 1. The molecule has 3 N–H and O–H groups in total. The lowest BCUT2D eigenvalue weighted by atomic mass is 10.1. The Morgan fingerprint density at radius 3 is 2.12 bits per heavy atom. The van der Waals surface area contributed by atoms with Crippen molar-refractivity contribution in [1.29, 1.82) is 0 Å². The maximum atomic E-state index is 11.9. The Morgan fingerprint density at radius 2 is 1.71 bits per heavy atom. The molecule has 0 fully saturated rings. The Labute approximate surface area is 101 Å². The lowest BCUT2D eigenvalue weighted by molar-refractivity contribution is -0.122. The smallest absolute Gasteiger partial charge is 0.241 e. The van der Waals surface area contributed by atoms with Crippen molar-refractivity contribution < 1.29 is 13.2 Å². The van der Waals surface area contributed by atoms with Crippen molar-refractivity contribution in [3.63, 3.8) is 0 Å². The van der Waals surface area contributed by atoms with Gasteiger partial charge in [-0.1, -0.05) is 17.7 Å². The topological polar surface area (TPSA) is 89.3 Å². The van der Waals surface area contributed by atoms with Gasteiger partial charge in [0.15, 0.2) is 0 Å². The normalized spacial score (nSPS) is 12.4. The molecular weight excluding hydrogens is 240 g/mol. The molecule has 5 nitrogen and oxygen atoms in total. The molecule has 0 aromatic heterocycles. The highest BCUT2D eigenvalue weighted by Gasteiger charge is 2.31. The maximum Gasteiger partial charge on any atom is 0.241 e. The number of primary amides is 1. The summed E-state index contributed by atoms with van der Waals surface area (Å²) in [4.78, 5) is 11.2. The first-order valence-corrected chi connectivity index (χ1v) is 6.54. The molecule has 94 valence electrons. The van der Waals surface area contributed by atoms with Crippen molar-refractivity contribution in [2.75, 3.05) is 0 Å². The van der Waals surface area contributed by atoms with Crippen LogP contribution >= 0.6 is 0 Å². The molecule has 0 radical (unpaired) electrons. The second-order valence-corrected chi connectivity index (χ2v) is 6.09. The average Bonchev–Trinajstić information content (AvgIpc) is 2.16. The predicted molar refractivity (Wildman–Crippen MR) is 64.8 cm³/mol. The molecule has 0 atom stereocenters. The van der Waals surface area contributed by atoms with Crippen molar-refractivity contribution in [1.82, 2.24) is 4.72 Å². The number of nitrogens with one attached hydrogen (secondary N) is 1.